The van der Waals surface area contributed by atoms with Crippen LogP contribution in [0.1, 0.15) is 76.3 Å². The zero-order chi connectivity index (χ0) is 44.9. The minimum atomic E-state index is -0.227. The molecule has 6 heteroatoms. The maximum atomic E-state index is 6.79. The van der Waals surface area contributed by atoms with Crippen molar-refractivity contribution in [3.63, 3.8) is 0 Å². The first-order chi connectivity index (χ1) is 31.3. The third-order valence-corrected chi connectivity index (χ3v) is 13.1. The minimum Gasteiger partial charge on any atom is -0.509 e. The van der Waals surface area contributed by atoms with Crippen molar-refractivity contribution in [3.8, 4) is 28.4 Å². The summed E-state index contributed by atoms with van der Waals surface area (Å²) in [4.78, 5) is 9.27. The Labute approximate surface area is 404 Å². The number of fused-ring (bicyclic) bond motifs is 3. The summed E-state index contributed by atoms with van der Waals surface area (Å²) in [5.41, 5.74) is 11.7. The molecule has 1 aliphatic heterocycles. The molecule has 0 fully saturated rings. The number of para-hydroxylation sites is 1. The Balaban J connectivity index is 0.00000548. The molecule has 0 spiro atoms. The van der Waals surface area contributed by atoms with E-state index in [0.717, 1.165) is 44.6 Å². The standard InChI is InChI=1S/C60H53N4O.Pt/c1-58(2,3)47-35-50(63-32-31-62(41-63)49-34-43(42-19-11-8-12-20-42)33-48(36-49)60(6,7)45-23-15-10-16-24-45)39-52(37-47)65-51-27-28-54-53-25-17-18-26-55(53)64(56(54)40-51)57-38-46(29-30-61-57)59(4,5)44-21-13-9-14-22-44;/h8-38,41H,1-7H3;/q-3;. The maximum absolute atomic E-state index is 6.79. The summed E-state index contributed by atoms with van der Waals surface area (Å²) in [6, 6.07) is 67.5. The molecule has 0 radical (unpaired) electrons. The Hall–Kier alpha value is -6.68. The van der Waals surface area contributed by atoms with Crippen LogP contribution < -0.4 is 14.5 Å². The summed E-state index contributed by atoms with van der Waals surface area (Å²) in [6.07, 6.45) is 6.13. The molecule has 66 heavy (non-hydrogen) atoms. The van der Waals surface area contributed by atoms with Gasteiger partial charge in [0.15, 0.2) is 0 Å². The number of hydrogen-bond acceptors (Lipinski definition) is 4. The van der Waals surface area contributed by atoms with Crippen molar-refractivity contribution < 1.29 is 25.8 Å². The molecule has 0 saturated heterocycles. The molecule has 1 aliphatic rings. The summed E-state index contributed by atoms with van der Waals surface area (Å²) in [5, 5.41) is 2.22. The molecule has 0 bridgehead atoms. The summed E-state index contributed by atoms with van der Waals surface area (Å²) >= 11 is 0. The van der Waals surface area contributed by atoms with E-state index in [-0.39, 0.29) is 37.3 Å². The molecule has 2 aromatic heterocycles. The molecule has 0 saturated carbocycles. The van der Waals surface area contributed by atoms with E-state index in [9.17, 15) is 0 Å². The van der Waals surface area contributed by atoms with Gasteiger partial charge < -0.3 is 19.1 Å². The van der Waals surface area contributed by atoms with Gasteiger partial charge >= 0.3 is 0 Å². The van der Waals surface area contributed by atoms with Crippen LogP contribution >= 0.6 is 0 Å². The molecule has 10 rings (SSSR count). The molecule has 0 N–H and O–H groups in total. The molecular weight excluding hydrogens is 988 g/mol. The fourth-order valence-corrected chi connectivity index (χ4v) is 8.99. The SMILES string of the molecule is CC(C)(C)c1cc(Oc2[c-]c3c(cc2)c2ccccc2n3-c2cc(C(C)(C)c3ccccc3)ccn2)[c-]c(N2C=CN(c3cc(-c4ccccc4)cc(C(C)(C)c4ccccc4)c3)[CH-]2)c1.[Pt]. The summed E-state index contributed by atoms with van der Waals surface area (Å²) in [6.45, 7) is 18.0. The third kappa shape index (κ3) is 8.49. The van der Waals surface area contributed by atoms with Gasteiger partial charge in [-0.1, -0.05) is 169 Å². The van der Waals surface area contributed by atoms with Crippen LogP contribution in [-0.4, -0.2) is 9.55 Å². The van der Waals surface area contributed by atoms with E-state index in [1.807, 2.05) is 12.3 Å². The Kier molecular flexibility index (Phi) is 11.9. The molecule has 0 atom stereocenters. The van der Waals surface area contributed by atoms with Crippen LogP contribution in [0.5, 0.6) is 11.5 Å². The average molecular weight is 1040 g/mol. The van der Waals surface area contributed by atoms with Gasteiger partial charge in [0.25, 0.3) is 0 Å². The van der Waals surface area contributed by atoms with Crippen LogP contribution in [0.2, 0.25) is 0 Å². The van der Waals surface area contributed by atoms with Crippen molar-refractivity contribution in [3.05, 3.63) is 235 Å². The van der Waals surface area contributed by atoms with Gasteiger partial charge in [-0.25, -0.2) is 4.98 Å². The van der Waals surface area contributed by atoms with Crippen LogP contribution in [0.25, 0.3) is 38.8 Å². The Bertz CT molecular complexity index is 3200. The first-order valence-electron chi connectivity index (χ1n) is 22.4. The van der Waals surface area contributed by atoms with E-state index in [0.29, 0.717) is 11.5 Å². The van der Waals surface area contributed by atoms with E-state index in [1.54, 1.807) is 0 Å². The molecule has 0 amide bonds. The zero-order valence-corrected chi connectivity index (χ0v) is 40.8. The van der Waals surface area contributed by atoms with Gasteiger partial charge in [0.05, 0.1) is 0 Å². The Morgan fingerprint density at radius 2 is 1.14 bits per heavy atom. The maximum Gasteiger partial charge on any atom is 0.135 e. The van der Waals surface area contributed by atoms with Crippen LogP contribution in [0.3, 0.4) is 0 Å². The van der Waals surface area contributed by atoms with E-state index in [4.69, 9.17) is 9.72 Å². The summed E-state index contributed by atoms with van der Waals surface area (Å²) < 4.78 is 9.00. The summed E-state index contributed by atoms with van der Waals surface area (Å²) in [7, 11) is 0. The van der Waals surface area contributed by atoms with Crippen LogP contribution in [0.4, 0.5) is 11.4 Å². The number of benzene rings is 7. The summed E-state index contributed by atoms with van der Waals surface area (Å²) in [5.74, 6) is 2.05. The molecule has 0 unspecified atom stereocenters. The van der Waals surface area contributed by atoms with Crippen molar-refractivity contribution in [1.82, 2.24) is 9.55 Å². The number of ether oxygens (including phenoxy) is 1. The van der Waals surface area contributed by atoms with Crippen LogP contribution in [0, 0.1) is 18.8 Å². The van der Waals surface area contributed by atoms with Crippen molar-refractivity contribution in [2.45, 2.75) is 64.7 Å². The van der Waals surface area contributed by atoms with Gasteiger partial charge in [0, 0.05) is 60.8 Å². The Morgan fingerprint density at radius 1 is 0.500 bits per heavy atom. The largest absolute Gasteiger partial charge is 0.509 e. The quantitative estimate of drug-likeness (QED) is 0.128. The van der Waals surface area contributed by atoms with Gasteiger partial charge in [-0.05, 0) is 86.9 Å². The number of rotatable bonds is 10. The van der Waals surface area contributed by atoms with Crippen molar-refractivity contribution in [1.29, 1.82) is 0 Å². The molecule has 0 aliphatic carbocycles. The minimum absolute atomic E-state index is 0. The van der Waals surface area contributed by atoms with E-state index in [1.165, 1.54) is 33.4 Å². The second kappa shape index (κ2) is 17.6. The van der Waals surface area contributed by atoms with Crippen LogP contribution in [0.15, 0.2) is 188 Å². The number of pyridine rings is 1. The fourth-order valence-electron chi connectivity index (χ4n) is 8.99. The van der Waals surface area contributed by atoms with E-state index < -0.39 is 0 Å². The molecule has 3 heterocycles. The molecule has 9 aromatic rings. The van der Waals surface area contributed by atoms with E-state index in [2.05, 4.69) is 258 Å². The fraction of sp³-hybridized carbons (Fsp3) is 0.167. The van der Waals surface area contributed by atoms with Crippen molar-refractivity contribution >= 4 is 33.2 Å². The predicted molar refractivity (Wildman–Crippen MR) is 269 cm³/mol. The smallest absolute Gasteiger partial charge is 0.135 e. The zero-order valence-electron chi connectivity index (χ0n) is 38.5. The molecular formula is C60H53N4OPt-3. The van der Waals surface area contributed by atoms with Gasteiger partial charge in [0.2, 0.25) is 0 Å². The topological polar surface area (TPSA) is 33.5 Å². The Morgan fingerprint density at radius 3 is 1.83 bits per heavy atom. The van der Waals surface area contributed by atoms with Gasteiger partial charge in [-0.2, -0.15) is 6.07 Å². The average Bonchev–Trinajstić information content (AvgIpc) is 3.96. The first-order valence-corrected chi connectivity index (χ1v) is 22.4. The van der Waals surface area contributed by atoms with Crippen LogP contribution in [-0.2, 0) is 37.3 Å². The van der Waals surface area contributed by atoms with Crippen molar-refractivity contribution in [2.24, 2.45) is 0 Å². The van der Waals surface area contributed by atoms with Crippen molar-refractivity contribution in [2.75, 3.05) is 9.80 Å². The number of anilines is 2. The third-order valence-electron chi connectivity index (χ3n) is 13.1. The molecule has 5 nitrogen and oxygen atoms in total. The van der Waals surface area contributed by atoms with Gasteiger partial charge in [-0.15, -0.1) is 53.6 Å². The molecule has 332 valence electrons. The molecule has 7 aromatic carbocycles. The number of hydrogen-bond donors (Lipinski definition) is 0. The second-order valence-electron chi connectivity index (χ2n) is 19.2. The van der Waals surface area contributed by atoms with Gasteiger partial charge in [0.1, 0.15) is 5.82 Å². The first kappa shape index (κ1) is 44.5. The van der Waals surface area contributed by atoms with E-state index >= 15 is 0 Å². The number of nitrogens with zero attached hydrogens (tertiary/aromatic N) is 4. The normalized spacial score (nSPS) is 13.1. The monoisotopic (exact) mass is 1040 g/mol. The second-order valence-corrected chi connectivity index (χ2v) is 19.2. The predicted octanol–water partition coefficient (Wildman–Crippen LogP) is 15.1. The number of aromatic nitrogens is 2. The van der Waals surface area contributed by atoms with Gasteiger partial charge in [-0.3, -0.25) is 0 Å².